The first-order valence-electron chi connectivity index (χ1n) is 6.00. The van der Waals surface area contributed by atoms with E-state index < -0.39 is 0 Å². The molecular weight excluding hydrogens is 236 g/mol. The summed E-state index contributed by atoms with van der Waals surface area (Å²) in [5.41, 5.74) is 2.51. The van der Waals surface area contributed by atoms with Crippen LogP contribution in [0.2, 0.25) is 0 Å². The molecule has 1 aromatic rings. The Morgan fingerprint density at radius 3 is 2.94 bits per heavy atom. The average Bonchev–Trinajstić information content (AvgIpc) is 2.39. The molecule has 6 heteroatoms. The fraction of sp³-hybridized carbons (Fsp3) is 0.636. The highest BCUT2D eigenvalue weighted by Gasteiger charge is 2.20. The van der Waals surface area contributed by atoms with Gasteiger partial charge in [-0.2, -0.15) is 0 Å². The van der Waals surface area contributed by atoms with E-state index in [0.29, 0.717) is 4.77 Å². The summed E-state index contributed by atoms with van der Waals surface area (Å²) < 4.78 is 5.97. The zero-order valence-corrected chi connectivity index (χ0v) is 10.5. The molecule has 0 spiro atoms. The van der Waals surface area contributed by atoms with Crippen LogP contribution in [0.25, 0.3) is 0 Å². The van der Waals surface area contributed by atoms with Crippen molar-refractivity contribution in [3.63, 3.8) is 0 Å². The quantitative estimate of drug-likeness (QED) is 0.718. The second-order valence-corrected chi connectivity index (χ2v) is 4.74. The van der Waals surface area contributed by atoms with E-state index in [2.05, 4.69) is 20.2 Å². The summed E-state index contributed by atoms with van der Waals surface area (Å²) in [6.07, 6.45) is 0.999. The van der Waals surface area contributed by atoms with E-state index in [0.717, 1.165) is 51.6 Å². The maximum absolute atomic E-state index is 5.38. The molecular formula is C11H16N4OS. The number of rotatable bonds is 1. The van der Waals surface area contributed by atoms with Gasteiger partial charge in [0.25, 0.3) is 0 Å². The van der Waals surface area contributed by atoms with Gasteiger partial charge in [0.05, 0.1) is 13.2 Å². The molecule has 2 aliphatic heterocycles. The lowest BCUT2D eigenvalue weighted by atomic mass is 10.1. The minimum atomic E-state index is 0.590. The number of nitrogens with zero attached hydrogens (tertiary/aromatic N) is 2. The van der Waals surface area contributed by atoms with Crippen LogP contribution in [0.4, 0.5) is 5.82 Å². The molecule has 1 fully saturated rings. The van der Waals surface area contributed by atoms with Crippen LogP contribution in [0.5, 0.6) is 0 Å². The molecule has 2 aliphatic rings. The Hall–Kier alpha value is -0.980. The van der Waals surface area contributed by atoms with Crippen LogP contribution in [0.1, 0.15) is 11.3 Å². The van der Waals surface area contributed by atoms with Crippen molar-refractivity contribution in [1.29, 1.82) is 0 Å². The van der Waals surface area contributed by atoms with E-state index in [9.17, 15) is 0 Å². The Morgan fingerprint density at radius 1 is 1.29 bits per heavy atom. The van der Waals surface area contributed by atoms with Gasteiger partial charge in [-0.05, 0) is 12.2 Å². The van der Waals surface area contributed by atoms with Gasteiger partial charge in [0.15, 0.2) is 4.77 Å². The van der Waals surface area contributed by atoms with Crippen molar-refractivity contribution in [2.75, 3.05) is 37.7 Å². The van der Waals surface area contributed by atoms with Gasteiger partial charge < -0.3 is 19.9 Å². The second-order valence-electron chi connectivity index (χ2n) is 4.35. The minimum absolute atomic E-state index is 0.590. The lowest BCUT2D eigenvalue weighted by molar-refractivity contribution is 0.122. The van der Waals surface area contributed by atoms with Crippen LogP contribution in [-0.4, -0.2) is 42.8 Å². The molecule has 1 saturated heterocycles. The molecule has 0 aromatic carbocycles. The number of nitrogens with one attached hydrogen (secondary N) is 2. The largest absolute Gasteiger partial charge is 0.378 e. The van der Waals surface area contributed by atoms with Crippen molar-refractivity contribution in [2.24, 2.45) is 0 Å². The van der Waals surface area contributed by atoms with Crippen molar-refractivity contribution in [1.82, 2.24) is 15.3 Å². The molecule has 0 aliphatic carbocycles. The Morgan fingerprint density at radius 2 is 2.12 bits per heavy atom. The van der Waals surface area contributed by atoms with Crippen LogP contribution in [0.3, 0.4) is 0 Å². The van der Waals surface area contributed by atoms with E-state index >= 15 is 0 Å². The average molecular weight is 252 g/mol. The first-order chi connectivity index (χ1) is 8.34. The van der Waals surface area contributed by atoms with Gasteiger partial charge in [0.2, 0.25) is 0 Å². The number of hydrogen-bond donors (Lipinski definition) is 2. The van der Waals surface area contributed by atoms with E-state index in [1.165, 1.54) is 11.3 Å². The van der Waals surface area contributed by atoms with E-state index in [1.54, 1.807) is 0 Å². The van der Waals surface area contributed by atoms with E-state index in [-0.39, 0.29) is 0 Å². The lowest BCUT2D eigenvalue weighted by Gasteiger charge is -2.31. The van der Waals surface area contributed by atoms with Crippen molar-refractivity contribution < 1.29 is 4.74 Å². The van der Waals surface area contributed by atoms with Gasteiger partial charge >= 0.3 is 0 Å². The third-order valence-corrected chi connectivity index (χ3v) is 3.46. The first kappa shape index (κ1) is 11.1. The number of aromatic nitrogens is 2. The normalized spacial score (nSPS) is 20.1. The Kier molecular flexibility index (Phi) is 3.09. The standard InChI is InChI=1S/C11H16N4OS/c17-11-13-9-1-2-12-7-8(9)10(14-11)15-3-5-16-6-4-15/h12H,1-7H2,(H,13,14,17). The molecule has 3 heterocycles. The number of aromatic amines is 1. The molecule has 2 N–H and O–H groups in total. The molecule has 5 nitrogen and oxygen atoms in total. The van der Waals surface area contributed by atoms with Crippen LogP contribution in [0.15, 0.2) is 0 Å². The smallest absolute Gasteiger partial charge is 0.198 e. The number of H-pyrrole nitrogens is 1. The predicted molar refractivity (Wildman–Crippen MR) is 67.9 cm³/mol. The van der Waals surface area contributed by atoms with Gasteiger partial charge in [-0.25, -0.2) is 4.98 Å². The van der Waals surface area contributed by atoms with Gasteiger partial charge in [-0.15, -0.1) is 0 Å². The zero-order chi connectivity index (χ0) is 11.7. The molecule has 92 valence electrons. The van der Waals surface area contributed by atoms with Gasteiger partial charge in [0, 0.05) is 43.9 Å². The summed E-state index contributed by atoms with van der Waals surface area (Å²) in [6, 6.07) is 0. The Balaban J connectivity index is 2.01. The Bertz CT molecular complexity index is 467. The van der Waals surface area contributed by atoms with Crippen LogP contribution in [-0.2, 0) is 17.7 Å². The third-order valence-electron chi connectivity index (χ3n) is 3.26. The monoisotopic (exact) mass is 252 g/mol. The fourth-order valence-corrected chi connectivity index (χ4v) is 2.60. The molecule has 3 rings (SSSR count). The highest BCUT2D eigenvalue weighted by Crippen LogP contribution is 2.23. The summed E-state index contributed by atoms with van der Waals surface area (Å²) in [5.74, 6) is 1.04. The highest BCUT2D eigenvalue weighted by molar-refractivity contribution is 7.71. The molecule has 0 atom stereocenters. The number of morpholine rings is 1. The summed E-state index contributed by atoms with van der Waals surface area (Å²) >= 11 is 5.21. The molecule has 0 saturated carbocycles. The van der Waals surface area contributed by atoms with Crippen molar-refractivity contribution in [3.8, 4) is 0 Å². The summed E-state index contributed by atoms with van der Waals surface area (Å²) in [7, 11) is 0. The minimum Gasteiger partial charge on any atom is -0.378 e. The second kappa shape index (κ2) is 4.72. The number of fused-ring (bicyclic) bond motifs is 1. The lowest BCUT2D eigenvalue weighted by Crippen LogP contribution is -2.39. The van der Waals surface area contributed by atoms with Gasteiger partial charge in [-0.3, -0.25) is 0 Å². The fourth-order valence-electron chi connectivity index (χ4n) is 2.39. The maximum Gasteiger partial charge on any atom is 0.198 e. The third kappa shape index (κ3) is 2.20. The van der Waals surface area contributed by atoms with Crippen molar-refractivity contribution in [2.45, 2.75) is 13.0 Å². The van der Waals surface area contributed by atoms with Crippen LogP contribution in [0, 0.1) is 4.77 Å². The molecule has 0 radical (unpaired) electrons. The SMILES string of the molecule is S=c1nc(N2CCOCC2)c2c([nH]1)CCNC2. The van der Waals surface area contributed by atoms with E-state index in [1.807, 2.05) is 0 Å². The first-order valence-corrected chi connectivity index (χ1v) is 6.41. The highest BCUT2D eigenvalue weighted by atomic mass is 32.1. The van der Waals surface area contributed by atoms with Crippen LogP contribution >= 0.6 is 12.2 Å². The summed E-state index contributed by atoms with van der Waals surface area (Å²) in [5, 5.41) is 3.39. The van der Waals surface area contributed by atoms with E-state index in [4.69, 9.17) is 17.0 Å². The molecule has 0 amide bonds. The maximum atomic E-state index is 5.38. The number of anilines is 1. The summed E-state index contributed by atoms with van der Waals surface area (Å²) in [4.78, 5) is 9.99. The molecule has 1 aromatic heterocycles. The summed E-state index contributed by atoms with van der Waals surface area (Å²) in [6.45, 7) is 5.23. The number of hydrogen-bond acceptors (Lipinski definition) is 5. The van der Waals surface area contributed by atoms with Gasteiger partial charge in [-0.1, -0.05) is 0 Å². The molecule has 0 unspecified atom stereocenters. The number of ether oxygens (including phenoxy) is 1. The molecule has 0 bridgehead atoms. The molecule has 17 heavy (non-hydrogen) atoms. The predicted octanol–water partition coefficient (Wildman–Crippen LogP) is 0.621. The topological polar surface area (TPSA) is 53.2 Å². The van der Waals surface area contributed by atoms with Crippen LogP contribution < -0.4 is 10.2 Å². The van der Waals surface area contributed by atoms with Crippen molar-refractivity contribution in [3.05, 3.63) is 16.0 Å². The zero-order valence-electron chi connectivity index (χ0n) is 9.66. The van der Waals surface area contributed by atoms with Gasteiger partial charge in [0.1, 0.15) is 5.82 Å². The Labute approximate surface area is 105 Å². The van der Waals surface area contributed by atoms with Crippen molar-refractivity contribution >= 4 is 18.0 Å².